The van der Waals surface area contributed by atoms with Crippen molar-refractivity contribution in [3.8, 4) is 5.69 Å². The summed E-state index contributed by atoms with van der Waals surface area (Å²) in [6.07, 6.45) is 10.2. The number of aliphatic imine (C=N–C) groups is 1. The van der Waals surface area contributed by atoms with E-state index in [1.54, 1.807) is 0 Å². The second kappa shape index (κ2) is 10.7. The maximum Gasteiger partial charge on any atom is 0.273 e. The topological polar surface area (TPSA) is 113 Å². The summed E-state index contributed by atoms with van der Waals surface area (Å²) in [5.74, 6) is 1.14. The van der Waals surface area contributed by atoms with E-state index < -0.39 is 0 Å². The van der Waals surface area contributed by atoms with Crippen LogP contribution in [0.5, 0.6) is 0 Å². The van der Waals surface area contributed by atoms with Crippen molar-refractivity contribution in [1.29, 1.82) is 0 Å². The summed E-state index contributed by atoms with van der Waals surface area (Å²) in [7, 11) is 0. The van der Waals surface area contributed by atoms with Crippen molar-refractivity contribution in [2.75, 3.05) is 19.6 Å². The third-order valence-electron chi connectivity index (χ3n) is 5.73. The summed E-state index contributed by atoms with van der Waals surface area (Å²) >= 11 is 6.15. The van der Waals surface area contributed by atoms with E-state index in [1.165, 1.54) is 6.26 Å². The van der Waals surface area contributed by atoms with Gasteiger partial charge in [-0.3, -0.25) is 9.79 Å². The fourth-order valence-corrected chi connectivity index (χ4v) is 4.09. The van der Waals surface area contributed by atoms with Crippen molar-refractivity contribution in [3.05, 3.63) is 77.1 Å². The van der Waals surface area contributed by atoms with Crippen molar-refractivity contribution < 1.29 is 9.21 Å². The van der Waals surface area contributed by atoms with Gasteiger partial charge < -0.3 is 24.6 Å². The fraction of sp³-hybridized carbons (Fsp3) is 0.280. The Balaban J connectivity index is 1.05. The molecule has 1 amide bonds. The van der Waals surface area contributed by atoms with Gasteiger partial charge in [-0.1, -0.05) is 11.6 Å². The number of aromatic nitrogens is 4. The Hall–Kier alpha value is -3.69. The number of imidazole rings is 1. The minimum atomic E-state index is -0.310. The molecule has 0 spiro atoms. The number of carbonyl (C=O) groups excluding carboxylic acids is 1. The molecule has 35 heavy (non-hydrogen) atoms. The molecule has 9 nitrogen and oxygen atoms in total. The zero-order chi connectivity index (χ0) is 24.0. The normalized spacial score (nSPS) is 13.6. The zero-order valence-electron chi connectivity index (χ0n) is 19.1. The molecule has 1 aromatic carbocycles. The van der Waals surface area contributed by atoms with Gasteiger partial charge in [-0.25, -0.2) is 9.97 Å². The van der Waals surface area contributed by atoms with Gasteiger partial charge in [-0.15, -0.1) is 0 Å². The first kappa shape index (κ1) is 23.1. The molecule has 3 aromatic heterocycles. The number of halogens is 1. The summed E-state index contributed by atoms with van der Waals surface area (Å²) in [4.78, 5) is 28.9. The highest BCUT2D eigenvalue weighted by molar-refractivity contribution is 6.30. The SMILES string of the molecule is O=C(NCC1=C(Cl)CCC=N1)c1coc(CCNCCc2nc3ccc(-n4cccc4)cc3[nH]2)n1. The van der Waals surface area contributed by atoms with Crippen LogP contribution in [0.15, 0.2) is 69.1 Å². The molecule has 0 unspecified atom stereocenters. The van der Waals surface area contributed by atoms with Gasteiger partial charge in [-0.05, 0) is 43.2 Å². The fourth-order valence-electron chi connectivity index (χ4n) is 3.87. The maximum absolute atomic E-state index is 12.3. The first-order chi connectivity index (χ1) is 17.2. The summed E-state index contributed by atoms with van der Waals surface area (Å²) in [5.41, 5.74) is 4.00. The Labute approximate surface area is 207 Å². The monoisotopic (exact) mass is 491 g/mol. The molecule has 10 heteroatoms. The Morgan fingerprint density at radius 3 is 2.89 bits per heavy atom. The van der Waals surface area contributed by atoms with Crippen molar-refractivity contribution >= 4 is 34.8 Å². The van der Waals surface area contributed by atoms with Crippen LogP contribution in [0.25, 0.3) is 16.7 Å². The molecule has 4 heterocycles. The van der Waals surface area contributed by atoms with Gasteiger partial charge in [0.1, 0.15) is 12.1 Å². The highest BCUT2D eigenvalue weighted by atomic mass is 35.5. The van der Waals surface area contributed by atoms with E-state index in [4.69, 9.17) is 16.0 Å². The van der Waals surface area contributed by atoms with E-state index in [-0.39, 0.29) is 18.1 Å². The minimum absolute atomic E-state index is 0.248. The molecule has 1 aliphatic heterocycles. The van der Waals surface area contributed by atoms with Gasteiger partial charge in [0.05, 0.1) is 23.3 Å². The van der Waals surface area contributed by atoms with Crippen molar-refractivity contribution in [2.24, 2.45) is 4.99 Å². The quantitative estimate of drug-likeness (QED) is 0.292. The number of nitrogens with zero attached hydrogens (tertiary/aromatic N) is 4. The number of allylic oxidation sites excluding steroid dienone is 1. The molecule has 0 aliphatic carbocycles. The first-order valence-electron chi connectivity index (χ1n) is 11.6. The van der Waals surface area contributed by atoms with Crippen molar-refractivity contribution in [3.63, 3.8) is 0 Å². The molecule has 0 bridgehead atoms. The van der Waals surface area contributed by atoms with Crippen LogP contribution in [-0.4, -0.2) is 51.3 Å². The zero-order valence-corrected chi connectivity index (χ0v) is 19.9. The molecule has 1 aliphatic rings. The molecular weight excluding hydrogens is 466 g/mol. The number of oxazole rings is 1. The van der Waals surface area contributed by atoms with E-state index in [9.17, 15) is 4.79 Å². The van der Waals surface area contributed by atoms with Crippen LogP contribution in [0.2, 0.25) is 0 Å². The van der Waals surface area contributed by atoms with E-state index >= 15 is 0 Å². The van der Waals surface area contributed by atoms with E-state index in [0.29, 0.717) is 29.6 Å². The van der Waals surface area contributed by atoms with Gasteiger partial charge in [-0.2, -0.15) is 0 Å². The van der Waals surface area contributed by atoms with Crippen LogP contribution in [0.3, 0.4) is 0 Å². The number of amides is 1. The standard InChI is InChI=1S/C25H26ClN7O2/c26-18-4-3-9-28-21(18)15-29-25(34)22-16-35-24(32-22)8-11-27-10-7-23-30-19-6-5-17(14-20(19)31-23)33-12-1-2-13-33/h1-2,5-6,9,12-14,16,27H,3-4,7-8,10-11,15H2,(H,29,34)(H,30,31). The molecular formula is C25H26ClN7O2. The molecule has 0 radical (unpaired) electrons. The van der Waals surface area contributed by atoms with E-state index in [1.807, 2.05) is 36.8 Å². The predicted molar refractivity (Wildman–Crippen MR) is 135 cm³/mol. The van der Waals surface area contributed by atoms with Gasteiger partial charge in [0.25, 0.3) is 5.91 Å². The largest absolute Gasteiger partial charge is 0.448 e. The lowest BCUT2D eigenvalue weighted by Crippen LogP contribution is -2.26. The lowest BCUT2D eigenvalue weighted by Gasteiger charge is -2.10. The summed E-state index contributed by atoms with van der Waals surface area (Å²) in [6.45, 7) is 1.71. The van der Waals surface area contributed by atoms with Crippen molar-refractivity contribution in [1.82, 2.24) is 30.2 Å². The number of aromatic amines is 1. The van der Waals surface area contributed by atoms with Gasteiger partial charge in [0.15, 0.2) is 11.6 Å². The predicted octanol–water partition coefficient (Wildman–Crippen LogP) is 3.76. The molecule has 5 rings (SSSR count). The maximum atomic E-state index is 12.3. The minimum Gasteiger partial charge on any atom is -0.448 e. The lowest BCUT2D eigenvalue weighted by molar-refractivity contribution is 0.0952. The number of hydrogen-bond acceptors (Lipinski definition) is 6. The molecule has 0 atom stereocenters. The van der Waals surface area contributed by atoms with Gasteiger partial charge in [0.2, 0.25) is 0 Å². The highest BCUT2D eigenvalue weighted by Crippen LogP contribution is 2.20. The third-order valence-corrected chi connectivity index (χ3v) is 6.13. The van der Waals surface area contributed by atoms with Gasteiger partial charge >= 0.3 is 0 Å². The second-order valence-electron chi connectivity index (χ2n) is 8.24. The van der Waals surface area contributed by atoms with Crippen LogP contribution < -0.4 is 10.6 Å². The molecule has 0 saturated carbocycles. The molecule has 0 fully saturated rings. The summed E-state index contributed by atoms with van der Waals surface area (Å²) in [5, 5.41) is 6.84. The Bertz CT molecular complexity index is 1370. The Kier molecular flexibility index (Phi) is 7.06. The first-order valence-corrected chi connectivity index (χ1v) is 12.0. The van der Waals surface area contributed by atoms with Crippen LogP contribution in [0.1, 0.15) is 35.0 Å². The number of rotatable bonds is 10. The summed E-state index contributed by atoms with van der Waals surface area (Å²) in [6, 6.07) is 10.2. The number of carbonyl (C=O) groups is 1. The Morgan fingerprint density at radius 2 is 2.03 bits per heavy atom. The number of hydrogen-bond donors (Lipinski definition) is 3. The second-order valence-corrected chi connectivity index (χ2v) is 8.69. The van der Waals surface area contributed by atoms with Crippen molar-refractivity contribution in [2.45, 2.75) is 25.7 Å². The van der Waals surface area contributed by atoms with Crippen LogP contribution >= 0.6 is 11.6 Å². The number of fused-ring (bicyclic) bond motifs is 1. The molecule has 180 valence electrons. The number of benzene rings is 1. The molecule has 3 N–H and O–H groups in total. The van der Waals surface area contributed by atoms with Crippen LogP contribution in [-0.2, 0) is 12.8 Å². The average Bonchev–Trinajstić information content (AvgIpc) is 3.63. The number of H-pyrrole nitrogens is 1. The summed E-state index contributed by atoms with van der Waals surface area (Å²) < 4.78 is 7.51. The molecule has 0 saturated heterocycles. The average molecular weight is 492 g/mol. The van der Waals surface area contributed by atoms with E-state index in [2.05, 4.69) is 47.3 Å². The van der Waals surface area contributed by atoms with Crippen LogP contribution in [0.4, 0.5) is 0 Å². The number of nitrogens with one attached hydrogen (secondary N) is 3. The molecule has 4 aromatic rings. The third kappa shape index (κ3) is 5.70. The smallest absolute Gasteiger partial charge is 0.273 e. The van der Waals surface area contributed by atoms with Gasteiger partial charge in [0, 0.05) is 55.3 Å². The highest BCUT2D eigenvalue weighted by Gasteiger charge is 2.14. The van der Waals surface area contributed by atoms with E-state index in [0.717, 1.165) is 48.4 Å². The lowest BCUT2D eigenvalue weighted by atomic mass is 10.2. The van der Waals surface area contributed by atoms with Crippen LogP contribution in [0, 0.1) is 0 Å². The Morgan fingerprint density at radius 1 is 1.17 bits per heavy atom.